The highest BCUT2D eigenvalue weighted by Crippen LogP contribution is 2.44. The first-order valence-corrected chi connectivity index (χ1v) is 8.21. The molecule has 3 heteroatoms. The number of nitriles is 1. The molecule has 1 saturated heterocycles. The van der Waals surface area contributed by atoms with Gasteiger partial charge >= 0.3 is 0 Å². The van der Waals surface area contributed by atoms with Crippen molar-refractivity contribution in [1.29, 1.82) is 5.26 Å². The molecule has 0 amide bonds. The Balaban J connectivity index is 2.01. The van der Waals surface area contributed by atoms with Crippen LogP contribution in [0.4, 0.5) is 5.69 Å². The lowest BCUT2D eigenvalue weighted by Crippen LogP contribution is -2.44. The van der Waals surface area contributed by atoms with E-state index in [0.29, 0.717) is 11.8 Å². The van der Waals surface area contributed by atoms with Crippen molar-refractivity contribution in [2.45, 2.75) is 39.0 Å². The van der Waals surface area contributed by atoms with Crippen molar-refractivity contribution in [2.24, 2.45) is 5.92 Å². The van der Waals surface area contributed by atoms with Crippen molar-refractivity contribution in [3.8, 4) is 6.07 Å². The number of benzene rings is 1. The molecule has 21 heavy (non-hydrogen) atoms. The first kappa shape index (κ1) is 14.4. The predicted octanol–water partition coefficient (Wildman–Crippen LogP) is 3.04. The van der Waals surface area contributed by atoms with E-state index >= 15 is 0 Å². The van der Waals surface area contributed by atoms with Gasteiger partial charge in [-0.05, 0) is 48.3 Å². The molecule has 1 saturated carbocycles. The zero-order chi connectivity index (χ0) is 14.8. The number of hydrogen-bond donors (Lipinski definition) is 1. The Hall–Kier alpha value is -1.53. The Morgan fingerprint density at radius 3 is 2.57 bits per heavy atom. The van der Waals surface area contributed by atoms with Gasteiger partial charge < -0.3 is 10.2 Å². The second kappa shape index (κ2) is 6.07. The van der Waals surface area contributed by atoms with Gasteiger partial charge in [0.25, 0.3) is 0 Å². The van der Waals surface area contributed by atoms with Crippen LogP contribution in [0, 0.1) is 17.2 Å². The maximum atomic E-state index is 9.69. The van der Waals surface area contributed by atoms with Crippen molar-refractivity contribution in [3.63, 3.8) is 0 Å². The van der Waals surface area contributed by atoms with Gasteiger partial charge in [-0.25, -0.2) is 0 Å². The molecule has 0 radical (unpaired) electrons. The van der Waals surface area contributed by atoms with Crippen molar-refractivity contribution in [1.82, 2.24) is 5.32 Å². The summed E-state index contributed by atoms with van der Waals surface area (Å²) in [5.74, 6) is 1.29. The molecule has 1 aliphatic carbocycles. The highest BCUT2D eigenvalue weighted by Gasteiger charge is 2.29. The third-order valence-electron chi connectivity index (χ3n) is 4.44. The lowest BCUT2D eigenvalue weighted by molar-refractivity contribution is 0.588. The van der Waals surface area contributed by atoms with Crippen molar-refractivity contribution in [3.05, 3.63) is 28.8 Å². The van der Waals surface area contributed by atoms with Crippen LogP contribution in [0.1, 0.15) is 49.3 Å². The predicted molar refractivity (Wildman–Crippen MR) is 86.8 cm³/mol. The fraction of sp³-hybridized carbons (Fsp3) is 0.611. The van der Waals surface area contributed by atoms with E-state index < -0.39 is 0 Å². The monoisotopic (exact) mass is 283 g/mol. The smallest absolute Gasteiger partial charge is 0.102 e. The summed E-state index contributed by atoms with van der Waals surface area (Å²) >= 11 is 0. The van der Waals surface area contributed by atoms with Crippen LogP contribution in [0.15, 0.2) is 12.1 Å². The van der Waals surface area contributed by atoms with Crippen molar-refractivity contribution in [2.75, 3.05) is 31.1 Å². The summed E-state index contributed by atoms with van der Waals surface area (Å²) in [6.07, 6.45) is 3.60. The van der Waals surface area contributed by atoms with Gasteiger partial charge in [-0.2, -0.15) is 5.26 Å². The Bertz CT molecular complexity index is 546. The van der Waals surface area contributed by atoms with Crippen LogP contribution in [0.2, 0.25) is 0 Å². The highest BCUT2D eigenvalue weighted by atomic mass is 15.2. The largest absolute Gasteiger partial charge is 0.368 e. The second-order valence-corrected chi connectivity index (χ2v) is 6.80. The van der Waals surface area contributed by atoms with E-state index in [2.05, 4.69) is 42.3 Å². The summed E-state index contributed by atoms with van der Waals surface area (Å²) in [6, 6.07) is 7.08. The average Bonchev–Trinajstić information content (AvgIpc) is 3.31. The zero-order valence-electron chi connectivity index (χ0n) is 13.2. The second-order valence-electron chi connectivity index (χ2n) is 6.80. The van der Waals surface area contributed by atoms with E-state index in [9.17, 15) is 5.26 Å². The van der Waals surface area contributed by atoms with Crippen LogP contribution >= 0.6 is 0 Å². The fourth-order valence-electron chi connectivity index (χ4n) is 3.29. The molecule has 2 fully saturated rings. The third kappa shape index (κ3) is 3.22. The highest BCUT2D eigenvalue weighted by molar-refractivity contribution is 5.65. The molecule has 1 aromatic rings. The Labute approximate surface area is 128 Å². The molecule has 2 aliphatic rings. The van der Waals surface area contributed by atoms with Gasteiger partial charge in [0.15, 0.2) is 0 Å². The number of nitrogens with one attached hydrogen (secondary N) is 1. The lowest BCUT2D eigenvalue weighted by atomic mass is 9.94. The summed E-state index contributed by atoms with van der Waals surface area (Å²) in [4.78, 5) is 2.39. The van der Waals surface area contributed by atoms with Gasteiger partial charge in [-0.15, -0.1) is 0 Å². The number of rotatable bonds is 4. The minimum Gasteiger partial charge on any atom is -0.368 e. The molecule has 3 rings (SSSR count). The Morgan fingerprint density at radius 2 is 2.00 bits per heavy atom. The normalized spacial score (nSPS) is 18.9. The SMILES string of the molecule is CC(C)Cc1cc(C2CC2)c(C#N)c(N2CCNCC2)c1. The minimum atomic E-state index is 0.633. The number of piperazine rings is 1. The molecule has 0 atom stereocenters. The topological polar surface area (TPSA) is 39.1 Å². The van der Waals surface area contributed by atoms with Gasteiger partial charge in [-0.1, -0.05) is 19.9 Å². The van der Waals surface area contributed by atoms with Crippen LogP contribution < -0.4 is 10.2 Å². The number of anilines is 1. The minimum absolute atomic E-state index is 0.633. The molecular weight excluding hydrogens is 258 g/mol. The van der Waals surface area contributed by atoms with Crippen LogP contribution in [0.3, 0.4) is 0 Å². The molecular formula is C18H25N3. The van der Waals surface area contributed by atoms with E-state index in [1.54, 1.807) is 0 Å². The van der Waals surface area contributed by atoms with Gasteiger partial charge in [0.05, 0.1) is 11.3 Å². The van der Waals surface area contributed by atoms with Crippen LogP contribution in [0.5, 0.6) is 0 Å². The standard InChI is InChI=1S/C18H25N3/c1-13(2)9-14-10-16(15-3-4-15)17(12-19)18(11-14)21-7-5-20-6-8-21/h10-11,13,15,20H,3-9H2,1-2H3. The average molecular weight is 283 g/mol. The van der Waals surface area contributed by atoms with Crippen LogP contribution in [-0.4, -0.2) is 26.2 Å². The Kier molecular flexibility index (Phi) is 4.17. The molecule has 1 aliphatic heterocycles. The van der Waals surface area contributed by atoms with E-state index in [1.165, 1.54) is 29.7 Å². The number of nitrogens with zero attached hydrogens (tertiary/aromatic N) is 2. The lowest BCUT2D eigenvalue weighted by Gasteiger charge is -2.31. The zero-order valence-corrected chi connectivity index (χ0v) is 13.2. The molecule has 0 bridgehead atoms. The van der Waals surface area contributed by atoms with Gasteiger partial charge in [-0.3, -0.25) is 0 Å². The molecule has 0 aromatic heterocycles. The fourth-order valence-corrected chi connectivity index (χ4v) is 3.29. The maximum Gasteiger partial charge on any atom is 0.102 e. The summed E-state index contributed by atoms with van der Waals surface area (Å²) in [7, 11) is 0. The van der Waals surface area contributed by atoms with Gasteiger partial charge in [0, 0.05) is 26.2 Å². The maximum absolute atomic E-state index is 9.69. The van der Waals surface area contributed by atoms with E-state index in [0.717, 1.165) is 38.2 Å². The van der Waals surface area contributed by atoms with Crippen LogP contribution in [0.25, 0.3) is 0 Å². The van der Waals surface area contributed by atoms with Gasteiger partial charge in [0.2, 0.25) is 0 Å². The quantitative estimate of drug-likeness (QED) is 0.923. The summed E-state index contributed by atoms with van der Waals surface area (Å²) in [6.45, 7) is 8.56. The molecule has 0 spiro atoms. The van der Waals surface area contributed by atoms with E-state index in [-0.39, 0.29) is 0 Å². The van der Waals surface area contributed by atoms with Crippen molar-refractivity contribution < 1.29 is 0 Å². The van der Waals surface area contributed by atoms with E-state index in [4.69, 9.17) is 0 Å². The van der Waals surface area contributed by atoms with Gasteiger partial charge in [0.1, 0.15) is 6.07 Å². The molecule has 1 aromatic carbocycles. The third-order valence-corrected chi connectivity index (χ3v) is 4.44. The molecule has 3 nitrogen and oxygen atoms in total. The molecule has 0 unspecified atom stereocenters. The molecule has 112 valence electrons. The Morgan fingerprint density at radius 1 is 1.29 bits per heavy atom. The molecule has 1 N–H and O–H groups in total. The first-order valence-electron chi connectivity index (χ1n) is 8.21. The van der Waals surface area contributed by atoms with Crippen molar-refractivity contribution >= 4 is 5.69 Å². The summed E-state index contributed by atoms with van der Waals surface area (Å²) in [5, 5.41) is 13.1. The molecule has 1 heterocycles. The summed E-state index contributed by atoms with van der Waals surface area (Å²) in [5.41, 5.74) is 4.83. The summed E-state index contributed by atoms with van der Waals surface area (Å²) < 4.78 is 0. The number of hydrogen-bond acceptors (Lipinski definition) is 3. The van der Waals surface area contributed by atoms with E-state index in [1.807, 2.05) is 0 Å². The first-order chi connectivity index (χ1) is 10.2. The van der Waals surface area contributed by atoms with Crippen LogP contribution in [-0.2, 0) is 6.42 Å².